The lowest BCUT2D eigenvalue weighted by molar-refractivity contribution is -0.138. The van der Waals surface area contributed by atoms with Crippen LogP contribution in [0.25, 0.3) is 0 Å². The van der Waals surface area contributed by atoms with Crippen molar-refractivity contribution in [3.8, 4) is 0 Å². The summed E-state index contributed by atoms with van der Waals surface area (Å²) < 4.78 is 5.10. The van der Waals surface area contributed by atoms with Gasteiger partial charge in [0.05, 0.1) is 0 Å². The van der Waals surface area contributed by atoms with Crippen molar-refractivity contribution in [2.24, 2.45) is 0 Å². The van der Waals surface area contributed by atoms with Crippen molar-refractivity contribution in [2.45, 2.75) is 51.8 Å². The Hall–Kier alpha value is -3.63. The number of carbonyl (C=O) groups excluding carboxylic acids is 4. The summed E-state index contributed by atoms with van der Waals surface area (Å²) in [4.78, 5) is 58.4. The van der Waals surface area contributed by atoms with Crippen LogP contribution in [0.5, 0.6) is 0 Å². The van der Waals surface area contributed by atoms with Gasteiger partial charge in [-0.05, 0) is 25.3 Å². The predicted octanol–water partition coefficient (Wildman–Crippen LogP) is 0.293. The largest absolute Gasteiger partial charge is 0.480 e. The van der Waals surface area contributed by atoms with Gasteiger partial charge in [0.25, 0.3) is 0 Å². The zero-order valence-corrected chi connectivity index (χ0v) is 18.2. The van der Waals surface area contributed by atoms with Gasteiger partial charge >= 0.3 is 12.1 Å². The van der Waals surface area contributed by atoms with Gasteiger partial charge in [-0.3, -0.25) is 19.2 Å². The van der Waals surface area contributed by atoms with Gasteiger partial charge in [0, 0.05) is 13.0 Å². The van der Waals surface area contributed by atoms with Gasteiger partial charge in [0.2, 0.25) is 17.7 Å². The normalized spacial score (nSPS) is 12.1. The maximum absolute atomic E-state index is 12.5. The van der Waals surface area contributed by atoms with Crippen LogP contribution in [-0.2, 0) is 30.5 Å². The van der Waals surface area contributed by atoms with Crippen LogP contribution in [0.15, 0.2) is 30.3 Å². The van der Waals surface area contributed by atoms with E-state index in [0.29, 0.717) is 6.42 Å². The Morgan fingerprint density at radius 1 is 1.00 bits per heavy atom. The Bertz CT molecular complexity index is 786. The first kappa shape index (κ1) is 26.4. The minimum absolute atomic E-state index is 0.131. The molecule has 0 aliphatic heterocycles. The molecule has 0 heterocycles. The number of benzene rings is 1. The molecule has 0 saturated carbocycles. The molecule has 1 rings (SSSR count). The second-order valence-electron chi connectivity index (χ2n) is 6.95. The van der Waals surface area contributed by atoms with Gasteiger partial charge in [-0.25, -0.2) is 4.79 Å². The molecule has 0 aliphatic carbocycles. The molecule has 0 fully saturated rings. The van der Waals surface area contributed by atoms with Crippen molar-refractivity contribution in [3.05, 3.63) is 35.9 Å². The Balaban J connectivity index is 2.46. The van der Waals surface area contributed by atoms with Crippen molar-refractivity contribution in [3.63, 3.8) is 0 Å². The zero-order valence-electron chi connectivity index (χ0n) is 18.2. The number of carboxylic acid groups (broad SMARTS) is 1. The molecular formula is C21H30N4O7. The summed E-state index contributed by atoms with van der Waals surface area (Å²) in [5.41, 5.74) is 0.850. The maximum atomic E-state index is 12.5. The molecule has 11 heteroatoms. The molecule has 0 spiro atoms. The van der Waals surface area contributed by atoms with Crippen LogP contribution in [0.4, 0.5) is 4.79 Å². The molecule has 0 aromatic heterocycles. The van der Waals surface area contributed by atoms with E-state index in [4.69, 9.17) is 9.84 Å². The van der Waals surface area contributed by atoms with Crippen molar-refractivity contribution in [1.29, 1.82) is 0 Å². The molecule has 0 radical (unpaired) electrons. The van der Waals surface area contributed by atoms with Gasteiger partial charge in [-0.2, -0.15) is 0 Å². The highest BCUT2D eigenvalue weighted by molar-refractivity contribution is 5.92. The average Bonchev–Trinajstić information content (AvgIpc) is 2.78. The number of aliphatic carboxylic acids is 1. The van der Waals surface area contributed by atoms with Gasteiger partial charge in [-0.1, -0.05) is 37.3 Å². The third kappa shape index (κ3) is 11.0. The molecule has 0 bridgehead atoms. The van der Waals surface area contributed by atoms with Gasteiger partial charge in [-0.15, -0.1) is 0 Å². The van der Waals surface area contributed by atoms with E-state index in [9.17, 15) is 24.0 Å². The highest BCUT2D eigenvalue weighted by Crippen LogP contribution is 2.02. The minimum atomic E-state index is -1.21. The van der Waals surface area contributed by atoms with Crippen LogP contribution in [0.2, 0.25) is 0 Å². The number of carboxylic acids is 1. The number of hydrogen-bond acceptors (Lipinski definition) is 6. The summed E-state index contributed by atoms with van der Waals surface area (Å²) in [5, 5.41) is 18.4. The molecule has 0 saturated heterocycles. The van der Waals surface area contributed by atoms with Crippen LogP contribution in [-0.4, -0.2) is 60.1 Å². The van der Waals surface area contributed by atoms with E-state index in [1.54, 1.807) is 6.92 Å². The monoisotopic (exact) mass is 450 g/mol. The molecule has 32 heavy (non-hydrogen) atoms. The molecule has 5 N–H and O–H groups in total. The van der Waals surface area contributed by atoms with E-state index in [2.05, 4.69) is 21.3 Å². The van der Waals surface area contributed by atoms with Gasteiger partial charge in [0.15, 0.2) is 0 Å². The second-order valence-corrected chi connectivity index (χ2v) is 6.95. The predicted molar refractivity (Wildman–Crippen MR) is 114 cm³/mol. The summed E-state index contributed by atoms with van der Waals surface area (Å²) in [7, 11) is 0. The molecule has 0 aliphatic rings. The molecule has 1 aromatic carbocycles. The fourth-order valence-corrected chi connectivity index (χ4v) is 2.53. The van der Waals surface area contributed by atoms with Crippen molar-refractivity contribution >= 4 is 29.8 Å². The number of ether oxygens (including phenoxy) is 1. The lowest BCUT2D eigenvalue weighted by atomic mass is 10.1. The summed E-state index contributed by atoms with van der Waals surface area (Å²) in [6, 6.07) is 7.28. The highest BCUT2D eigenvalue weighted by Gasteiger charge is 2.24. The molecule has 2 unspecified atom stereocenters. The van der Waals surface area contributed by atoms with Crippen molar-refractivity contribution in [2.75, 3.05) is 13.1 Å². The van der Waals surface area contributed by atoms with Gasteiger partial charge < -0.3 is 31.1 Å². The number of alkyl carbamates (subject to hydrolysis) is 1. The Kier molecular flexibility index (Phi) is 11.9. The fraction of sp³-hybridized carbons (Fsp3) is 0.476. The molecule has 4 amide bonds. The number of nitrogens with one attached hydrogen (secondary N) is 4. The summed E-state index contributed by atoms with van der Waals surface area (Å²) in [5.74, 6) is -2.80. The molecular weight excluding hydrogens is 420 g/mol. The van der Waals surface area contributed by atoms with Crippen LogP contribution in [0, 0.1) is 0 Å². The molecule has 1 aromatic rings. The third-order valence-electron chi connectivity index (χ3n) is 4.29. The van der Waals surface area contributed by atoms with Crippen LogP contribution in [0.1, 0.15) is 38.7 Å². The SMILES string of the molecule is CCC(=O)NC(CCCNC(=O)OCc1ccccc1)C(=O)NC(C)C(=O)NCC(=O)O. The maximum Gasteiger partial charge on any atom is 0.407 e. The van der Waals surface area contributed by atoms with Crippen LogP contribution >= 0.6 is 0 Å². The van der Waals surface area contributed by atoms with E-state index >= 15 is 0 Å². The van der Waals surface area contributed by atoms with E-state index in [1.807, 2.05) is 30.3 Å². The second kappa shape index (κ2) is 14.4. The lowest BCUT2D eigenvalue weighted by Gasteiger charge is -2.21. The van der Waals surface area contributed by atoms with Gasteiger partial charge in [0.1, 0.15) is 25.2 Å². The first-order valence-corrected chi connectivity index (χ1v) is 10.3. The number of carbonyl (C=O) groups is 5. The van der Waals surface area contributed by atoms with E-state index in [1.165, 1.54) is 6.92 Å². The highest BCUT2D eigenvalue weighted by atomic mass is 16.5. The standard InChI is InChI=1S/C21H30N4O7/c1-3-17(26)25-16(20(30)24-14(2)19(29)23-12-18(27)28)10-7-11-22-21(31)32-13-15-8-5-4-6-9-15/h4-6,8-9,14,16H,3,7,10-13H2,1-2H3,(H,22,31)(H,23,29)(H,24,30)(H,25,26)(H,27,28). The first-order chi connectivity index (χ1) is 15.2. The summed E-state index contributed by atoms with van der Waals surface area (Å²) >= 11 is 0. The molecule has 2 atom stereocenters. The molecule has 11 nitrogen and oxygen atoms in total. The van der Waals surface area contributed by atoms with Crippen molar-refractivity contribution < 1.29 is 33.8 Å². The average molecular weight is 450 g/mol. The Morgan fingerprint density at radius 2 is 1.69 bits per heavy atom. The summed E-state index contributed by atoms with van der Waals surface area (Å²) in [6.07, 6.45) is 0.140. The number of amides is 4. The van der Waals surface area contributed by atoms with E-state index in [-0.39, 0.29) is 31.9 Å². The Morgan fingerprint density at radius 3 is 2.31 bits per heavy atom. The number of rotatable bonds is 13. The Labute approximate surface area is 186 Å². The topological polar surface area (TPSA) is 163 Å². The van der Waals surface area contributed by atoms with E-state index < -0.39 is 42.5 Å². The molecule has 176 valence electrons. The third-order valence-corrected chi connectivity index (χ3v) is 4.29. The van der Waals surface area contributed by atoms with E-state index in [0.717, 1.165) is 5.56 Å². The summed E-state index contributed by atoms with van der Waals surface area (Å²) in [6.45, 7) is 2.82. The zero-order chi connectivity index (χ0) is 23.9. The fourth-order valence-electron chi connectivity index (χ4n) is 2.53. The van der Waals surface area contributed by atoms with Crippen LogP contribution < -0.4 is 21.3 Å². The van der Waals surface area contributed by atoms with Crippen molar-refractivity contribution in [1.82, 2.24) is 21.3 Å². The quantitative estimate of drug-likeness (QED) is 0.270. The number of hydrogen-bond donors (Lipinski definition) is 5. The smallest absolute Gasteiger partial charge is 0.407 e. The van der Waals surface area contributed by atoms with Crippen LogP contribution in [0.3, 0.4) is 0 Å². The lowest BCUT2D eigenvalue weighted by Crippen LogP contribution is -2.53. The first-order valence-electron chi connectivity index (χ1n) is 10.3. The minimum Gasteiger partial charge on any atom is -0.480 e.